The van der Waals surface area contributed by atoms with Gasteiger partial charge in [0.1, 0.15) is 12.6 Å². The van der Waals surface area contributed by atoms with Gasteiger partial charge in [-0.2, -0.15) is 0 Å². The molecule has 0 saturated heterocycles. The van der Waals surface area contributed by atoms with Crippen molar-refractivity contribution in [2.75, 3.05) is 5.32 Å². The van der Waals surface area contributed by atoms with E-state index in [1.807, 2.05) is 39.8 Å². The van der Waals surface area contributed by atoms with Gasteiger partial charge in [0.05, 0.1) is 0 Å². The molecule has 0 radical (unpaired) electrons. The predicted octanol–water partition coefficient (Wildman–Crippen LogP) is 5.31. The van der Waals surface area contributed by atoms with Crippen LogP contribution in [0.1, 0.15) is 36.1 Å². The van der Waals surface area contributed by atoms with Gasteiger partial charge in [0, 0.05) is 17.1 Å². The summed E-state index contributed by atoms with van der Waals surface area (Å²) in [4.78, 5) is 12.7. The molecule has 0 aliphatic rings. The van der Waals surface area contributed by atoms with Crippen LogP contribution in [-0.4, -0.2) is 12.0 Å². The first-order valence-electron chi connectivity index (χ1n) is 9.03. The third-order valence-electron chi connectivity index (χ3n) is 4.51. The lowest BCUT2D eigenvalue weighted by Gasteiger charge is -2.22. The average Bonchev–Trinajstić information content (AvgIpc) is 2.60. The van der Waals surface area contributed by atoms with E-state index in [0.29, 0.717) is 11.4 Å². The van der Waals surface area contributed by atoms with Crippen LogP contribution in [0.15, 0.2) is 36.4 Å². The van der Waals surface area contributed by atoms with Crippen molar-refractivity contribution in [3.05, 3.63) is 63.7 Å². The third kappa shape index (κ3) is 5.77. The quantitative estimate of drug-likeness (QED) is 0.520. The number of hydrogen-bond acceptors (Lipinski definition) is 3. The second-order valence-electron chi connectivity index (χ2n) is 7.07. The minimum Gasteiger partial charge on any atom is -0.459 e. The molecule has 2 aromatic carbocycles. The summed E-state index contributed by atoms with van der Waals surface area (Å²) in [7, 11) is 0. The number of carbonyl (C=O) groups excluding carboxylic acids is 1. The number of ether oxygens (including phenoxy) is 1. The van der Waals surface area contributed by atoms with E-state index in [4.69, 9.17) is 22.8 Å². The summed E-state index contributed by atoms with van der Waals surface area (Å²) in [6.45, 7) is 8.25. The van der Waals surface area contributed by atoms with Gasteiger partial charge < -0.3 is 10.1 Å². The Bertz CT molecular complexity index is 811. The SMILES string of the molecule is C#CCc1cc(C)c(COC(=O)[C@@H](Nc2ccc(Cl)cc2)C(C)C)c(C)c1. The minimum atomic E-state index is -0.437. The molecule has 0 amide bonds. The number of anilines is 1. The Morgan fingerprint density at radius 3 is 2.30 bits per heavy atom. The van der Waals surface area contributed by atoms with Crippen LogP contribution >= 0.6 is 11.6 Å². The second-order valence-corrected chi connectivity index (χ2v) is 7.51. The Labute approximate surface area is 167 Å². The highest BCUT2D eigenvalue weighted by atomic mass is 35.5. The van der Waals surface area contributed by atoms with Crippen LogP contribution < -0.4 is 5.32 Å². The summed E-state index contributed by atoms with van der Waals surface area (Å²) in [5.74, 6) is 2.47. The number of halogens is 1. The highest BCUT2D eigenvalue weighted by Gasteiger charge is 2.24. The molecule has 0 aliphatic heterocycles. The number of benzene rings is 2. The summed E-state index contributed by atoms with van der Waals surface area (Å²) < 4.78 is 5.64. The van der Waals surface area contributed by atoms with Crippen LogP contribution in [0.5, 0.6) is 0 Å². The van der Waals surface area contributed by atoms with Crippen LogP contribution in [-0.2, 0) is 22.6 Å². The maximum atomic E-state index is 12.7. The molecule has 3 nitrogen and oxygen atoms in total. The second kappa shape index (κ2) is 9.48. The van der Waals surface area contributed by atoms with Crippen LogP contribution in [0.4, 0.5) is 5.69 Å². The highest BCUT2D eigenvalue weighted by molar-refractivity contribution is 6.30. The molecule has 0 fully saturated rings. The zero-order chi connectivity index (χ0) is 20.0. The lowest BCUT2D eigenvalue weighted by atomic mass is 9.98. The first kappa shape index (κ1) is 20.9. The molecule has 142 valence electrons. The smallest absolute Gasteiger partial charge is 0.329 e. The topological polar surface area (TPSA) is 38.3 Å². The molecule has 2 aromatic rings. The fraction of sp³-hybridized carbons (Fsp3) is 0.348. The molecule has 0 saturated carbocycles. The van der Waals surface area contributed by atoms with E-state index in [0.717, 1.165) is 27.9 Å². The largest absolute Gasteiger partial charge is 0.459 e. The Kier molecular flexibility index (Phi) is 7.33. The molecule has 0 bridgehead atoms. The molecule has 0 aromatic heterocycles. The summed E-state index contributed by atoms with van der Waals surface area (Å²) >= 11 is 5.92. The van der Waals surface area contributed by atoms with Gasteiger partial charge >= 0.3 is 5.97 Å². The zero-order valence-corrected chi connectivity index (χ0v) is 17.1. The number of rotatable bonds is 7. The first-order valence-corrected chi connectivity index (χ1v) is 9.40. The van der Waals surface area contributed by atoms with Gasteiger partial charge in [-0.15, -0.1) is 12.3 Å². The normalized spacial score (nSPS) is 11.7. The molecule has 0 heterocycles. The summed E-state index contributed by atoms with van der Waals surface area (Å²) in [5.41, 5.74) is 5.13. The van der Waals surface area contributed by atoms with Crippen molar-refractivity contribution < 1.29 is 9.53 Å². The van der Waals surface area contributed by atoms with Gasteiger partial charge in [-0.05, 0) is 66.3 Å². The van der Waals surface area contributed by atoms with Crippen molar-refractivity contribution in [3.8, 4) is 12.3 Å². The van der Waals surface area contributed by atoms with Crippen LogP contribution in [0.2, 0.25) is 5.02 Å². The average molecular weight is 384 g/mol. The van der Waals surface area contributed by atoms with Crippen molar-refractivity contribution in [2.24, 2.45) is 5.92 Å². The molecular weight excluding hydrogens is 358 g/mol. The molecule has 0 unspecified atom stereocenters. The van der Waals surface area contributed by atoms with Gasteiger partial charge in [-0.1, -0.05) is 37.6 Å². The van der Waals surface area contributed by atoms with E-state index in [-0.39, 0.29) is 18.5 Å². The number of esters is 1. The van der Waals surface area contributed by atoms with Gasteiger partial charge in [-0.3, -0.25) is 0 Å². The molecule has 27 heavy (non-hydrogen) atoms. The van der Waals surface area contributed by atoms with Crippen molar-refractivity contribution in [1.29, 1.82) is 0 Å². The van der Waals surface area contributed by atoms with E-state index in [1.165, 1.54) is 0 Å². The van der Waals surface area contributed by atoms with Crippen molar-refractivity contribution in [2.45, 2.75) is 46.8 Å². The standard InChI is InChI=1S/C23H26ClNO2/c1-6-7-18-12-16(4)21(17(5)13-18)14-27-23(26)22(15(2)3)25-20-10-8-19(24)9-11-20/h1,8-13,15,22,25H,7,14H2,2-5H3/t22-/m0/s1. The summed E-state index contributed by atoms with van der Waals surface area (Å²) in [5, 5.41) is 3.90. The van der Waals surface area contributed by atoms with Crippen molar-refractivity contribution in [3.63, 3.8) is 0 Å². The Morgan fingerprint density at radius 2 is 1.78 bits per heavy atom. The van der Waals surface area contributed by atoms with Gasteiger partial charge in [0.15, 0.2) is 0 Å². The molecule has 1 atom stereocenters. The molecule has 4 heteroatoms. The van der Waals surface area contributed by atoms with E-state index in [1.54, 1.807) is 12.1 Å². The molecule has 2 rings (SSSR count). The molecule has 0 aliphatic carbocycles. The number of aryl methyl sites for hydroxylation is 2. The zero-order valence-electron chi connectivity index (χ0n) is 16.3. The third-order valence-corrected chi connectivity index (χ3v) is 4.76. The lowest BCUT2D eigenvalue weighted by Crippen LogP contribution is -2.36. The maximum absolute atomic E-state index is 12.7. The van der Waals surface area contributed by atoms with E-state index in [9.17, 15) is 4.79 Å². The molecule has 0 spiro atoms. The van der Waals surface area contributed by atoms with Gasteiger partial charge in [0.25, 0.3) is 0 Å². The highest BCUT2D eigenvalue weighted by Crippen LogP contribution is 2.20. The minimum absolute atomic E-state index is 0.0772. The molecule has 1 N–H and O–H groups in total. The van der Waals surface area contributed by atoms with Gasteiger partial charge in [0.2, 0.25) is 0 Å². The van der Waals surface area contributed by atoms with Crippen molar-refractivity contribution in [1.82, 2.24) is 0 Å². The fourth-order valence-corrected chi connectivity index (χ4v) is 3.11. The van der Waals surface area contributed by atoms with E-state index < -0.39 is 6.04 Å². The number of nitrogens with one attached hydrogen (secondary N) is 1. The first-order chi connectivity index (χ1) is 12.8. The van der Waals surface area contributed by atoms with E-state index >= 15 is 0 Å². The Hall–Kier alpha value is -2.44. The maximum Gasteiger partial charge on any atom is 0.329 e. The number of hydrogen-bond donors (Lipinski definition) is 1. The summed E-state index contributed by atoms with van der Waals surface area (Å²) in [6.07, 6.45) is 6.00. The summed E-state index contributed by atoms with van der Waals surface area (Å²) in [6, 6.07) is 11.0. The van der Waals surface area contributed by atoms with Crippen molar-refractivity contribution >= 4 is 23.3 Å². The van der Waals surface area contributed by atoms with E-state index in [2.05, 4.69) is 23.4 Å². The Morgan fingerprint density at radius 1 is 1.19 bits per heavy atom. The predicted molar refractivity (Wildman–Crippen MR) is 112 cm³/mol. The van der Waals surface area contributed by atoms with Crippen LogP contribution in [0.25, 0.3) is 0 Å². The van der Waals surface area contributed by atoms with Gasteiger partial charge in [-0.25, -0.2) is 4.79 Å². The molecular formula is C23H26ClNO2. The number of terminal acetylenes is 1. The van der Waals surface area contributed by atoms with Crippen LogP contribution in [0.3, 0.4) is 0 Å². The monoisotopic (exact) mass is 383 g/mol. The fourth-order valence-electron chi connectivity index (χ4n) is 2.99. The lowest BCUT2D eigenvalue weighted by molar-refractivity contribution is -0.146. The Balaban J connectivity index is 2.08. The van der Waals surface area contributed by atoms with Crippen LogP contribution in [0, 0.1) is 32.1 Å². The number of carbonyl (C=O) groups is 1.